The van der Waals surface area contributed by atoms with Crippen LogP contribution in [0.5, 0.6) is 11.5 Å². The van der Waals surface area contributed by atoms with Gasteiger partial charge in [0, 0.05) is 0 Å². The predicted molar refractivity (Wildman–Crippen MR) is 104 cm³/mol. The molecular weight excluding hydrogens is 312 g/mol. The van der Waals surface area contributed by atoms with Crippen molar-refractivity contribution in [3.05, 3.63) is 59.7 Å². The first-order valence-corrected chi connectivity index (χ1v) is 8.72. The molecule has 0 saturated carbocycles. The number of unbranched alkanes of at least 4 members (excludes halogenated alkanes) is 2. The maximum Gasteiger partial charge on any atom is 0.118 e. The van der Waals surface area contributed by atoms with Gasteiger partial charge in [-0.1, -0.05) is 63.1 Å². The lowest BCUT2D eigenvalue weighted by Crippen LogP contribution is -1.83. The van der Waals surface area contributed by atoms with Crippen molar-refractivity contribution >= 4 is 6.01 Å². The first-order valence-electron chi connectivity index (χ1n) is 8.72. The molecule has 0 aliphatic carbocycles. The van der Waals surface area contributed by atoms with E-state index >= 15 is 0 Å². The highest BCUT2D eigenvalue weighted by atomic mass is 16.3. The quantitative estimate of drug-likeness (QED) is 0.501. The molecule has 136 valence electrons. The number of phenols is 2. The Morgan fingerprint density at radius 3 is 1.32 bits per heavy atom. The molecule has 0 radical (unpaired) electrons. The first kappa shape index (κ1) is 22.4. The van der Waals surface area contributed by atoms with Crippen molar-refractivity contribution in [3.63, 3.8) is 0 Å². The van der Waals surface area contributed by atoms with Crippen LogP contribution in [-0.2, 0) is 12.8 Å². The summed E-state index contributed by atoms with van der Waals surface area (Å²) in [6.07, 6.45) is 6.63. The lowest BCUT2D eigenvalue weighted by molar-refractivity contribution is 0.466. The van der Waals surface area contributed by atoms with Crippen LogP contribution >= 0.6 is 0 Å². The fourth-order valence-electron chi connectivity index (χ4n) is 2.18. The molecule has 25 heavy (non-hydrogen) atoms. The van der Waals surface area contributed by atoms with Crippen molar-refractivity contribution in [2.24, 2.45) is 0 Å². The van der Waals surface area contributed by atoms with Crippen LogP contribution in [0.15, 0.2) is 48.5 Å². The van der Waals surface area contributed by atoms with Gasteiger partial charge in [0.05, 0.1) is 6.01 Å². The normalized spacial score (nSPS) is 9.04. The molecule has 0 fully saturated rings. The molecule has 2 aromatic rings. The topological polar surface area (TPSA) is 88.2 Å². The second-order valence-electron chi connectivity index (χ2n) is 5.59. The minimum absolute atomic E-state index is 0.431. The lowest BCUT2D eigenvalue weighted by atomic mass is 10.1. The molecule has 0 aliphatic rings. The van der Waals surface area contributed by atoms with Gasteiger partial charge < -0.3 is 10.2 Å². The summed E-state index contributed by atoms with van der Waals surface area (Å²) >= 11 is 0. The van der Waals surface area contributed by atoms with Gasteiger partial charge >= 0.3 is 0 Å². The largest absolute Gasteiger partial charge is 0.508 e. The molecule has 0 aliphatic heterocycles. The summed E-state index contributed by atoms with van der Waals surface area (Å²) in [5, 5.41) is 29.9. The molecule has 0 heterocycles. The molecule has 0 amide bonds. The van der Waals surface area contributed by atoms with E-state index in [9.17, 15) is 10.2 Å². The second-order valence-corrected chi connectivity index (χ2v) is 5.59. The van der Waals surface area contributed by atoms with Crippen LogP contribution in [-0.4, -0.2) is 16.2 Å². The zero-order valence-corrected chi connectivity index (χ0v) is 15.3. The Morgan fingerprint density at radius 1 is 0.720 bits per heavy atom. The number of rotatable bonds is 6. The average molecular weight is 342 g/mol. The van der Waals surface area contributed by atoms with E-state index in [2.05, 4.69) is 13.8 Å². The van der Waals surface area contributed by atoms with Crippen LogP contribution < -0.4 is 0 Å². The van der Waals surface area contributed by atoms with Crippen molar-refractivity contribution < 1.29 is 10.2 Å². The molecule has 0 spiro atoms. The summed E-state index contributed by atoms with van der Waals surface area (Å²) in [7, 11) is 0. The Hall–Kier alpha value is -2.58. The monoisotopic (exact) mass is 342 g/mol. The number of aryl methyl sites for hydroxylation is 2. The molecule has 2 aromatic carbocycles. The maximum absolute atomic E-state index is 9.34. The third-order valence-electron chi connectivity index (χ3n) is 3.58. The Labute approximate surface area is 151 Å². The number of nitrogens with one attached hydrogen (secondary N) is 2. The van der Waals surface area contributed by atoms with E-state index in [4.69, 9.17) is 10.8 Å². The molecular formula is C21H30N2O2. The summed E-state index contributed by atoms with van der Waals surface area (Å²) in [6.45, 7) is 4.31. The molecule has 0 atom stereocenters. The van der Waals surface area contributed by atoms with Gasteiger partial charge in [-0.3, -0.25) is 0 Å². The molecule has 4 nitrogen and oxygen atoms in total. The van der Waals surface area contributed by atoms with Gasteiger partial charge in [0.1, 0.15) is 11.5 Å². The summed E-state index contributed by atoms with van der Waals surface area (Å²) in [5.74, 6) is 0.863. The van der Waals surface area contributed by atoms with Crippen LogP contribution in [0.3, 0.4) is 0 Å². The highest BCUT2D eigenvalue weighted by Gasteiger charge is 1.97. The van der Waals surface area contributed by atoms with Crippen LogP contribution in [0, 0.1) is 10.8 Å². The van der Waals surface area contributed by atoms with Gasteiger partial charge in [0.15, 0.2) is 0 Å². The smallest absolute Gasteiger partial charge is 0.118 e. The van der Waals surface area contributed by atoms with E-state index in [-0.39, 0.29) is 0 Å². The fourth-order valence-corrected chi connectivity index (χ4v) is 2.18. The van der Waals surface area contributed by atoms with Gasteiger partial charge in [-0.2, -0.15) is 0 Å². The molecule has 0 saturated heterocycles. The minimum Gasteiger partial charge on any atom is -0.508 e. The predicted octanol–water partition coefficient (Wildman–Crippen LogP) is 5.79. The average Bonchev–Trinajstić information content (AvgIpc) is 2.62. The van der Waals surface area contributed by atoms with E-state index in [1.165, 1.54) is 18.9 Å². The van der Waals surface area contributed by atoms with Crippen molar-refractivity contribution in [1.29, 1.82) is 10.8 Å². The highest BCUT2D eigenvalue weighted by molar-refractivity contribution is 5.32. The van der Waals surface area contributed by atoms with Crippen molar-refractivity contribution in [2.75, 3.05) is 0 Å². The van der Waals surface area contributed by atoms with Gasteiger partial charge in [0.25, 0.3) is 0 Å². The van der Waals surface area contributed by atoms with E-state index in [0.29, 0.717) is 11.5 Å². The van der Waals surface area contributed by atoms with Crippen molar-refractivity contribution in [2.45, 2.75) is 52.4 Å². The van der Waals surface area contributed by atoms with E-state index < -0.39 is 0 Å². The number of para-hydroxylation sites is 2. The van der Waals surface area contributed by atoms with E-state index in [1.807, 2.05) is 36.4 Å². The van der Waals surface area contributed by atoms with Crippen LogP contribution in [0.4, 0.5) is 0 Å². The number of phenolic OH excluding ortho intramolecular Hbond substituents is 2. The van der Waals surface area contributed by atoms with Gasteiger partial charge in [-0.15, -0.1) is 0 Å². The molecule has 0 bridgehead atoms. The third kappa shape index (κ3) is 10.7. The zero-order chi connectivity index (χ0) is 18.9. The Bertz CT molecular complexity index is 571. The Kier molecular flexibility index (Phi) is 13.4. The minimum atomic E-state index is 0.431. The summed E-state index contributed by atoms with van der Waals surface area (Å²) in [4.78, 5) is 0. The van der Waals surface area contributed by atoms with Gasteiger partial charge in [-0.25, -0.2) is 10.8 Å². The standard InChI is InChI=1S/2C10H14O.CH2N2/c2*1-2-3-6-9-7-4-5-8-10(9)11;2-1-3/h2*4-5,7-8,11H,2-3,6H2,1H3;2-3H. The molecule has 0 unspecified atom stereocenters. The molecule has 4 heteroatoms. The third-order valence-corrected chi connectivity index (χ3v) is 3.58. The van der Waals surface area contributed by atoms with E-state index in [1.54, 1.807) is 12.1 Å². The van der Waals surface area contributed by atoms with Crippen LogP contribution in [0.2, 0.25) is 0 Å². The van der Waals surface area contributed by atoms with Gasteiger partial charge in [-0.05, 0) is 48.9 Å². The van der Waals surface area contributed by atoms with Crippen molar-refractivity contribution in [1.82, 2.24) is 0 Å². The highest BCUT2D eigenvalue weighted by Crippen LogP contribution is 2.18. The Balaban J connectivity index is 0.000000399. The zero-order valence-electron chi connectivity index (χ0n) is 15.3. The SMILES string of the molecule is CCCCc1ccccc1O.CCCCc1ccccc1O.N=C=N. The van der Waals surface area contributed by atoms with Crippen molar-refractivity contribution in [3.8, 4) is 11.5 Å². The van der Waals surface area contributed by atoms with Crippen LogP contribution in [0.25, 0.3) is 0 Å². The Morgan fingerprint density at radius 2 is 1.04 bits per heavy atom. The summed E-state index contributed by atoms with van der Waals surface area (Å²) in [5.41, 5.74) is 2.13. The molecule has 4 N–H and O–H groups in total. The molecule has 0 aromatic heterocycles. The fraction of sp³-hybridized carbons (Fsp3) is 0.381. The maximum atomic E-state index is 9.34. The number of aromatic hydroxyl groups is 2. The molecule has 2 rings (SSSR count). The van der Waals surface area contributed by atoms with E-state index in [0.717, 1.165) is 36.8 Å². The van der Waals surface area contributed by atoms with Crippen LogP contribution in [0.1, 0.15) is 50.7 Å². The number of hydrogen-bond acceptors (Lipinski definition) is 4. The first-order chi connectivity index (χ1) is 12.1. The lowest BCUT2D eigenvalue weighted by Gasteiger charge is -2.01. The number of benzene rings is 2. The second kappa shape index (κ2) is 15.0. The summed E-state index contributed by atoms with van der Waals surface area (Å²) in [6, 6.07) is 16.3. The number of hydrogen-bond donors (Lipinski definition) is 4. The van der Waals surface area contributed by atoms with Gasteiger partial charge in [0.2, 0.25) is 0 Å². The summed E-state index contributed by atoms with van der Waals surface area (Å²) < 4.78 is 0.